The molecule has 6 heterocycles. The highest BCUT2D eigenvalue weighted by molar-refractivity contribution is 5.96. The molecule has 0 saturated carbocycles. The monoisotopic (exact) mass is 786 g/mol. The quantitative estimate of drug-likeness (QED) is 0.144. The molecule has 0 aliphatic carbocycles. The number of nitrogens with zero attached hydrogens (tertiary/aromatic N) is 6. The zero-order valence-electron chi connectivity index (χ0n) is 31.6. The Labute approximate surface area is 336 Å². The number of carboxylic acid groups (broad SMARTS) is 1. The van der Waals surface area contributed by atoms with Crippen LogP contribution in [0.5, 0.6) is 0 Å². The van der Waals surface area contributed by atoms with Crippen molar-refractivity contribution < 1.29 is 33.1 Å². The Morgan fingerprint density at radius 3 is 1.67 bits per heavy atom. The van der Waals surface area contributed by atoms with E-state index < -0.39 is 5.97 Å². The summed E-state index contributed by atoms with van der Waals surface area (Å²) in [6.07, 6.45) is 11.9. The van der Waals surface area contributed by atoms with E-state index in [-0.39, 0.29) is 42.4 Å². The van der Waals surface area contributed by atoms with Gasteiger partial charge in [0, 0.05) is 86.3 Å². The van der Waals surface area contributed by atoms with E-state index in [1.165, 1.54) is 6.26 Å². The van der Waals surface area contributed by atoms with Crippen molar-refractivity contribution in [2.45, 2.75) is 60.0 Å². The van der Waals surface area contributed by atoms with Gasteiger partial charge in [0.05, 0.1) is 0 Å². The molecule has 2 aromatic carbocycles. The van der Waals surface area contributed by atoms with E-state index in [4.69, 9.17) is 19.7 Å². The van der Waals surface area contributed by atoms with Gasteiger partial charge in [-0.05, 0) is 83.6 Å². The van der Waals surface area contributed by atoms with E-state index in [1.54, 1.807) is 35.8 Å². The van der Waals surface area contributed by atoms with Crippen LogP contribution in [-0.2, 0) is 35.5 Å². The van der Waals surface area contributed by atoms with Gasteiger partial charge < -0.3 is 34.8 Å². The molecular formula is C43H46N8O7. The van der Waals surface area contributed by atoms with Crippen molar-refractivity contribution in [2.24, 2.45) is 5.73 Å². The Bertz CT molecular complexity index is 2340. The Morgan fingerprint density at radius 1 is 0.741 bits per heavy atom. The highest BCUT2D eigenvalue weighted by Crippen LogP contribution is 2.34. The van der Waals surface area contributed by atoms with Gasteiger partial charge >= 0.3 is 5.97 Å². The Morgan fingerprint density at radius 2 is 1.24 bits per heavy atom. The maximum absolute atomic E-state index is 12.3. The molecular weight excluding hydrogens is 741 g/mol. The van der Waals surface area contributed by atoms with Gasteiger partial charge in [-0.2, -0.15) is 0 Å². The number of hydrogen-bond donors (Lipinski definition) is 3. The highest BCUT2D eigenvalue weighted by Gasteiger charge is 2.26. The van der Waals surface area contributed by atoms with Crippen LogP contribution < -0.4 is 20.9 Å². The van der Waals surface area contributed by atoms with Gasteiger partial charge in [0.1, 0.15) is 12.5 Å². The number of pyridine rings is 2. The van der Waals surface area contributed by atoms with Gasteiger partial charge in [-0.1, -0.05) is 33.4 Å². The number of aromatic carboxylic acids is 1. The van der Waals surface area contributed by atoms with Gasteiger partial charge in [-0.3, -0.25) is 24.4 Å². The first kappa shape index (κ1) is 42.1. The minimum absolute atomic E-state index is 0. The van der Waals surface area contributed by atoms with E-state index in [1.807, 2.05) is 73.3 Å². The zero-order valence-corrected chi connectivity index (χ0v) is 31.6. The number of carbonyl (C=O) groups is 4. The number of nitrogens with one attached hydrogen (secondary N) is 1. The van der Waals surface area contributed by atoms with Crippen molar-refractivity contribution in [1.29, 1.82) is 0 Å². The SMILES string of the molecule is C.CCC(=O)N1CCc2cc(-c3nc(C(=O)NCc4cccnc4)co3)ccc21.CCC(=O)N1CCc2cc(-c3nc(C(=O)O)co3)ccc21.NCc1cccnc1. The van der Waals surface area contributed by atoms with Crippen LogP contribution in [0.3, 0.4) is 0 Å². The Hall–Kier alpha value is -7.00. The third-order valence-electron chi connectivity index (χ3n) is 9.25. The topological polar surface area (TPSA) is 211 Å². The summed E-state index contributed by atoms with van der Waals surface area (Å²) < 4.78 is 10.7. The van der Waals surface area contributed by atoms with Gasteiger partial charge in [-0.15, -0.1) is 0 Å². The molecule has 0 fully saturated rings. The van der Waals surface area contributed by atoms with Gasteiger partial charge in [0.25, 0.3) is 5.91 Å². The fourth-order valence-electron chi connectivity index (χ4n) is 6.28. The average molecular weight is 787 g/mol. The third-order valence-corrected chi connectivity index (χ3v) is 9.25. The molecule has 0 unspecified atom stereocenters. The number of hydrogen-bond acceptors (Lipinski definition) is 11. The molecule has 15 heteroatoms. The second kappa shape index (κ2) is 19.7. The first-order valence-corrected chi connectivity index (χ1v) is 18.5. The summed E-state index contributed by atoms with van der Waals surface area (Å²) in [4.78, 5) is 66.7. The lowest BCUT2D eigenvalue weighted by Gasteiger charge is -2.16. The second-order valence-electron chi connectivity index (χ2n) is 13.0. The van der Waals surface area contributed by atoms with Crippen LogP contribution in [0.15, 0.2) is 107 Å². The lowest BCUT2D eigenvalue weighted by atomic mass is 10.1. The maximum Gasteiger partial charge on any atom is 0.357 e. The standard InChI is InChI=1S/C21H20N4O3.C15H14N2O4.C6H8N2.CH4/c1-2-19(26)25-9-7-15-10-16(5-6-18(15)25)21-24-17(13-28-21)20(27)23-12-14-4-3-8-22-11-14;1-2-13(18)17-6-5-9-7-10(3-4-12(9)17)14-16-11(8-21-14)15(19)20;7-4-6-2-1-3-8-5-6;/h3-6,8,10-11,13H,2,7,9,12H2,1H3,(H,23,27);3-4,7-8H,2,5-6H2,1H3,(H,19,20);1-3,5H,4,7H2;1H4. The molecule has 2 aliphatic rings. The number of fused-ring (bicyclic) bond motifs is 2. The molecule has 58 heavy (non-hydrogen) atoms. The van der Waals surface area contributed by atoms with Crippen LogP contribution in [0.1, 0.15) is 77.3 Å². The molecule has 8 rings (SSSR count). The largest absolute Gasteiger partial charge is 0.476 e. The summed E-state index contributed by atoms with van der Waals surface area (Å²) in [6.45, 7) is 6.02. The number of anilines is 2. The van der Waals surface area contributed by atoms with E-state index in [9.17, 15) is 19.2 Å². The molecule has 4 N–H and O–H groups in total. The van der Waals surface area contributed by atoms with E-state index in [0.29, 0.717) is 50.5 Å². The molecule has 4 aromatic heterocycles. The first-order chi connectivity index (χ1) is 27.7. The fraction of sp³-hybridized carbons (Fsp3) is 0.256. The van der Waals surface area contributed by atoms with Crippen molar-refractivity contribution in [2.75, 3.05) is 22.9 Å². The molecule has 2 aliphatic heterocycles. The number of oxazole rings is 2. The number of aromatic nitrogens is 4. The molecule has 0 bridgehead atoms. The maximum atomic E-state index is 12.3. The molecule has 0 radical (unpaired) electrons. The van der Waals surface area contributed by atoms with Crippen LogP contribution in [0.25, 0.3) is 22.9 Å². The summed E-state index contributed by atoms with van der Waals surface area (Å²) in [5.41, 5.74) is 12.9. The number of benzene rings is 2. The van der Waals surface area contributed by atoms with Gasteiger partial charge in [0.2, 0.25) is 23.6 Å². The number of rotatable bonds is 9. The molecule has 0 spiro atoms. The molecule has 0 atom stereocenters. The number of nitrogens with two attached hydrogens (primary N) is 1. The van der Waals surface area contributed by atoms with Crippen molar-refractivity contribution in [3.8, 4) is 22.9 Å². The Kier molecular flexibility index (Phi) is 14.3. The van der Waals surface area contributed by atoms with Crippen LogP contribution in [0, 0.1) is 0 Å². The summed E-state index contributed by atoms with van der Waals surface area (Å²) in [6, 6.07) is 18.8. The van der Waals surface area contributed by atoms with Crippen LogP contribution >= 0.6 is 0 Å². The lowest BCUT2D eigenvalue weighted by Crippen LogP contribution is -2.27. The third kappa shape index (κ3) is 10.0. The fourth-order valence-corrected chi connectivity index (χ4v) is 6.28. The van der Waals surface area contributed by atoms with Crippen LogP contribution in [-0.4, -0.2) is 61.8 Å². The van der Waals surface area contributed by atoms with E-state index in [2.05, 4.69) is 25.3 Å². The normalized spacial score (nSPS) is 12.2. The number of carbonyl (C=O) groups excluding carboxylic acids is 3. The van der Waals surface area contributed by atoms with Crippen molar-refractivity contribution >= 4 is 35.1 Å². The molecule has 3 amide bonds. The number of amides is 3. The summed E-state index contributed by atoms with van der Waals surface area (Å²) >= 11 is 0. The van der Waals surface area contributed by atoms with Crippen molar-refractivity contribution in [3.05, 3.63) is 132 Å². The van der Waals surface area contributed by atoms with Gasteiger partial charge in [0.15, 0.2) is 11.4 Å². The summed E-state index contributed by atoms with van der Waals surface area (Å²) in [5.74, 6) is -0.545. The molecule has 15 nitrogen and oxygen atoms in total. The number of carboxylic acids is 1. The second-order valence-corrected chi connectivity index (χ2v) is 13.0. The molecule has 300 valence electrons. The van der Waals surface area contributed by atoms with Crippen LogP contribution in [0.4, 0.5) is 11.4 Å². The van der Waals surface area contributed by atoms with Gasteiger partial charge in [-0.25, -0.2) is 14.8 Å². The summed E-state index contributed by atoms with van der Waals surface area (Å²) in [7, 11) is 0. The molecule has 6 aromatic rings. The van der Waals surface area contributed by atoms with E-state index in [0.717, 1.165) is 58.3 Å². The first-order valence-electron chi connectivity index (χ1n) is 18.5. The zero-order chi connectivity index (χ0) is 40.3. The lowest BCUT2D eigenvalue weighted by molar-refractivity contribution is -0.119. The Balaban J connectivity index is 0.000000188. The minimum Gasteiger partial charge on any atom is -0.476 e. The highest BCUT2D eigenvalue weighted by atomic mass is 16.4. The smallest absolute Gasteiger partial charge is 0.357 e. The summed E-state index contributed by atoms with van der Waals surface area (Å²) in [5, 5.41) is 11.7. The van der Waals surface area contributed by atoms with Crippen LogP contribution in [0.2, 0.25) is 0 Å². The van der Waals surface area contributed by atoms with E-state index >= 15 is 0 Å². The minimum atomic E-state index is -1.12. The predicted octanol–water partition coefficient (Wildman–Crippen LogP) is 6.48. The average Bonchev–Trinajstić information content (AvgIpc) is 4.09. The van der Waals surface area contributed by atoms with Crippen molar-refractivity contribution in [3.63, 3.8) is 0 Å². The molecule has 0 saturated heterocycles. The predicted molar refractivity (Wildman–Crippen MR) is 218 cm³/mol. The van der Waals surface area contributed by atoms with Crippen molar-refractivity contribution in [1.82, 2.24) is 25.3 Å².